The molecule has 2 amide bonds. The number of aromatic carboxylic acids is 1. The Balaban J connectivity index is 0.000000131. The second-order valence-electron chi connectivity index (χ2n) is 39.2. The number of ether oxygens (including phenoxy) is 5. The molecule has 9 aliphatic carbocycles. The largest absolute Gasteiger partial charge is 0.495 e. The van der Waals surface area contributed by atoms with E-state index < -0.39 is 33.1 Å². The number of carboxylic acids is 1. The molecule has 752 valence electrons. The van der Waals surface area contributed by atoms with E-state index in [1.165, 1.54) is 109 Å². The Hall–Kier alpha value is -11.8. The summed E-state index contributed by atoms with van der Waals surface area (Å²) in [5.41, 5.74) is 25.7. The van der Waals surface area contributed by atoms with Crippen molar-refractivity contribution < 1.29 is 90.3 Å². The number of amides is 2. The highest BCUT2D eigenvalue weighted by atomic mass is 127. The molecule has 145 heavy (non-hydrogen) atoms. The average Bonchev–Trinajstić information content (AvgIpc) is 1.60. The molecule has 3 saturated carbocycles. The number of para-hydroxylation sites is 1. The molecule has 7 aromatic carbocycles. The number of carbonyl (C=O) groups excluding carboxylic acids is 6. The van der Waals surface area contributed by atoms with Crippen LogP contribution in [-0.4, -0.2) is 167 Å². The minimum absolute atomic E-state index is 0.274. The first-order valence-electron chi connectivity index (χ1n) is 48.0. The number of hydrogen-bond acceptors (Lipinski definition) is 25. The third-order valence-electron chi connectivity index (χ3n) is 27.6. The van der Waals surface area contributed by atoms with Gasteiger partial charge in [0.2, 0.25) is 0 Å². The van der Waals surface area contributed by atoms with E-state index in [1.807, 2.05) is 216 Å². The lowest BCUT2D eigenvalue weighted by Crippen LogP contribution is -2.41. The lowest BCUT2D eigenvalue weighted by molar-refractivity contribution is 0.00578. The van der Waals surface area contributed by atoms with Gasteiger partial charge in [-0.15, -0.1) is 0 Å². The van der Waals surface area contributed by atoms with Gasteiger partial charge in [0.25, 0.3) is 0 Å². The quantitative estimate of drug-likeness (QED) is 0.0149. The van der Waals surface area contributed by atoms with Crippen molar-refractivity contribution in [2.45, 2.75) is 211 Å². The maximum absolute atomic E-state index is 11.7. The van der Waals surface area contributed by atoms with Gasteiger partial charge >= 0.3 is 63.0 Å². The van der Waals surface area contributed by atoms with Crippen LogP contribution in [0.15, 0.2) is 218 Å². The van der Waals surface area contributed by atoms with Crippen molar-refractivity contribution >= 4 is 160 Å². The van der Waals surface area contributed by atoms with Gasteiger partial charge in [-0.2, -0.15) is 0 Å². The smallest absolute Gasteiger partial charge is 0.478 e. The van der Waals surface area contributed by atoms with E-state index in [1.54, 1.807) is 55.0 Å². The maximum atomic E-state index is 11.7. The Morgan fingerprint density at radius 1 is 0.393 bits per heavy atom. The number of nitrogens with zero attached hydrogens (tertiary/aromatic N) is 6. The molecule has 6 fully saturated rings. The zero-order valence-electron chi connectivity index (χ0n) is 84.4. The van der Waals surface area contributed by atoms with E-state index in [2.05, 4.69) is 137 Å². The van der Waals surface area contributed by atoms with Crippen LogP contribution in [0.5, 0.6) is 0 Å². The van der Waals surface area contributed by atoms with Crippen LogP contribution in [0.3, 0.4) is 0 Å². The number of rotatable bonds is 14. The summed E-state index contributed by atoms with van der Waals surface area (Å²) in [5.74, 6) is 4.33. The minimum atomic E-state index is -0.901. The fraction of sp³-hybridized carbons (Fsp3) is 0.342. The van der Waals surface area contributed by atoms with E-state index >= 15 is 0 Å². The van der Waals surface area contributed by atoms with Gasteiger partial charge in [-0.25, -0.2) is 54.4 Å². The Morgan fingerprint density at radius 3 is 1.11 bits per heavy atom. The van der Waals surface area contributed by atoms with Crippen molar-refractivity contribution in [2.75, 3.05) is 40.9 Å². The maximum Gasteiger partial charge on any atom is 0.495 e. The third kappa shape index (κ3) is 26.8. The lowest BCUT2D eigenvalue weighted by Gasteiger charge is -2.32. The Bertz CT molecular complexity index is 6610. The van der Waals surface area contributed by atoms with Crippen molar-refractivity contribution in [1.82, 2.24) is 35.3 Å². The van der Waals surface area contributed by atoms with E-state index in [4.69, 9.17) is 58.3 Å². The number of esters is 5. The second kappa shape index (κ2) is 46.9. The van der Waals surface area contributed by atoms with Crippen molar-refractivity contribution in [3.05, 3.63) is 346 Å². The van der Waals surface area contributed by atoms with Gasteiger partial charge in [0, 0.05) is 60.3 Å². The van der Waals surface area contributed by atoms with E-state index in [-0.39, 0.29) is 63.5 Å². The summed E-state index contributed by atoms with van der Waals surface area (Å²) in [6, 6.07) is 42.3. The molecule has 34 heteroatoms. The highest BCUT2D eigenvalue weighted by Gasteiger charge is 2.64. The van der Waals surface area contributed by atoms with E-state index in [9.17, 15) is 33.6 Å². The number of allylic oxidation sites excluding steroid dienone is 6. The highest BCUT2D eigenvalue weighted by molar-refractivity contribution is 14.1. The number of hydrazine groups is 1. The number of carboxylic acid groups (broad SMARTS) is 1. The number of urea groups is 1. The number of aromatic nitrogens is 6. The molecule has 0 unspecified atom stereocenters. The number of halogens is 3. The molecule has 28 nitrogen and oxygen atoms in total. The van der Waals surface area contributed by atoms with Gasteiger partial charge in [-0.05, 0) is 378 Å². The molecule has 6 heterocycles. The lowest BCUT2D eigenvalue weighted by atomic mass is 9.49. The molecule has 12 aliphatic rings. The van der Waals surface area contributed by atoms with Crippen LogP contribution in [-0.2, 0) is 90.1 Å². The minimum Gasteiger partial charge on any atom is -0.478 e. The monoisotopic (exact) mass is 2250 g/mol. The van der Waals surface area contributed by atoms with Gasteiger partial charge in [0.05, 0.1) is 150 Å². The van der Waals surface area contributed by atoms with Crippen LogP contribution >= 0.6 is 61.1 Å². The van der Waals surface area contributed by atoms with Crippen LogP contribution in [0, 0.1) is 0 Å². The fourth-order valence-electron chi connectivity index (χ4n) is 16.7. The van der Waals surface area contributed by atoms with Gasteiger partial charge in [-0.1, -0.05) is 97.1 Å². The predicted molar refractivity (Wildman–Crippen MR) is 580 cm³/mol. The number of anilines is 1. The van der Waals surface area contributed by atoms with Crippen LogP contribution in [0.1, 0.15) is 297 Å². The molecule has 0 radical (unpaired) electrons. The van der Waals surface area contributed by atoms with Crippen LogP contribution < -0.4 is 16.6 Å². The number of nitrogens with two attached hydrogens (primary N) is 1. The Morgan fingerprint density at radius 2 is 0.724 bits per heavy atom. The summed E-state index contributed by atoms with van der Waals surface area (Å²) >= 11 is 7.85. The van der Waals surface area contributed by atoms with Crippen molar-refractivity contribution in [1.29, 1.82) is 0 Å². The first kappa shape index (κ1) is 109. The van der Waals surface area contributed by atoms with Gasteiger partial charge in [0.15, 0.2) is 0 Å². The summed E-state index contributed by atoms with van der Waals surface area (Å²) in [6.07, 6.45) is 38.4. The SMILES string of the molecule is Brc1cncc(C2CC2)n1.CC1(C)OB(B2OC(C)(C)C(C)(C)O2)OC1(C)C.COC(=O)c1ccc2c(c1)C(B1OC(C)(C)C(C)(C)O1)=CC2.COC(=O)c1ccc2c(c1)C(I)=CC2.COC(=O)c1ccc2c(c1)C(I)=CC2.COC(=O)c1ccc2c(c1)C(c1cncc(C3CC3)n1)=CC2.COC(=O)c1ccc2c(c1)C=CC2.NNC(=O)Nc1ccccc1.O=C(O)c1ccc2c(c1)C(c1cncc(C3CC3)n1)=CC2. The van der Waals surface area contributed by atoms with Crippen LogP contribution in [0.4, 0.5) is 10.5 Å². The average molecular weight is 2250 g/mol. The number of fused-ring (bicyclic) bond motifs is 6. The molecular weight excluding hydrogens is 2130 g/mol. The van der Waals surface area contributed by atoms with Crippen molar-refractivity contribution in [3.63, 3.8) is 0 Å². The fourth-order valence-corrected chi connectivity index (χ4v) is 18.4. The topological polar surface area (TPSA) is 369 Å². The van der Waals surface area contributed by atoms with Gasteiger partial charge < -0.3 is 62.0 Å². The summed E-state index contributed by atoms with van der Waals surface area (Å²) in [7, 11) is 5.63. The summed E-state index contributed by atoms with van der Waals surface area (Å²) in [6.45, 7) is 24.4. The third-order valence-corrected chi connectivity index (χ3v) is 30.0. The first-order chi connectivity index (χ1) is 69.0. The van der Waals surface area contributed by atoms with E-state index in [0.717, 1.165) is 133 Å². The first-order valence-corrected chi connectivity index (χ1v) is 50.9. The zero-order valence-corrected chi connectivity index (χ0v) is 90.3. The molecule has 3 aliphatic heterocycles. The molecule has 3 saturated heterocycles. The standard InChI is InChI=1S/C18H16N2O2.C17H21BO4.C17H14N2O2.C12H24B2O4.2C11H9IO2.C11H10O2.C7H7BrN2.C7H9N3O/c1-22-18(21)13-5-2-11-6-7-14(15(11)8-13)17-10-19-9-16(20-17)12-3-4-12;1-16(2)17(3,4)22-18(21-16)14-9-8-11-6-7-12(10-13(11)14)15(19)20-5;20-17(21)12-4-1-10-5-6-13(14(10)7-12)16-9-18-8-15(19-16)11-2-3-11;1-9(2)10(3,4)16-13(15-9)14-17-11(5,6)12(7,8)18-14;2*1-14-11(13)8-3-2-7-4-5-10(12)9(7)6-8;1-13-11(12)10-6-5-8-3-2-4-9(8)7-10;8-7-4-9-3-6(10-7)5-1-2-5;8-10-7(11)9-6-4-2-1-3-5-6/h2,5,7-10,12H,3-4,6H2,1H3;6-7,9-10H,8H2,1-5H3;1,4,6-9,11H,2-3,5H2,(H,20,21);1-8H3;2*2-3,5-6H,4H2,1H3;2,4-7H,3H2,1H3;3-5H,1-2H2;1-5H,8H2,(H2,9,10,11). The summed E-state index contributed by atoms with van der Waals surface area (Å²) < 4.78 is 63.0. The zero-order chi connectivity index (χ0) is 104. The Kier molecular flexibility index (Phi) is 35.2. The number of carbonyl (C=O) groups is 7. The van der Waals surface area contributed by atoms with Crippen molar-refractivity contribution in [3.8, 4) is 0 Å². The molecule has 0 bridgehead atoms. The number of nitrogens with one attached hydrogen (secondary N) is 2. The molecule has 0 spiro atoms. The normalized spacial score (nSPS) is 17.7. The molecule has 10 aromatic rings. The molecule has 3 aromatic heterocycles. The Labute approximate surface area is 883 Å². The molecule has 0 atom stereocenters. The summed E-state index contributed by atoms with van der Waals surface area (Å²) in [4.78, 5) is 105. The number of methoxy groups -OCH3 is 5. The summed E-state index contributed by atoms with van der Waals surface area (Å²) in [5, 5.41) is 11.7. The van der Waals surface area contributed by atoms with Gasteiger partial charge in [0.1, 0.15) is 4.60 Å². The molecule has 5 N–H and O–H groups in total. The number of hydrogen-bond donors (Lipinski definition) is 4. The molecular formula is C111H119B3BrI2N9O19. The van der Waals surface area contributed by atoms with Crippen molar-refractivity contribution in [2.24, 2.45) is 5.84 Å². The van der Waals surface area contributed by atoms with E-state index in [0.29, 0.717) is 51.1 Å². The predicted octanol–water partition coefficient (Wildman–Crippen LogP) is 21.9. The van der Waals surface area contributed by atoms with Crippen LogP contribution in [0.25, 0.3) is 29.9 Å². The number of benzene rings is 7. The van der Waals surface area contributed by atoms with Gasteiger partial charge in [-0.3, -0.25) is 20.4 Å². The van der Waals surface area contributed by atoms with Crippen LogP contribution in [0.2, 0.25) is 0 Å². The highest BCUT2D eigenvalue weighted by Crippen LogP contribution is 2.48. The second-order valence-corrected chi connectivity index (χ2v) is 42.3. The molecule has 22 rings (SSSR count).